The monoisotopic (exact) mass is 314 g/mol. The van der Waals surface area contributed by atoms with Crippen LogP contribution in [0.4, 0.5) is 0 Å². The molecule has 0 atom stereocenters. The third kappa shape index (κ3) is 5.34. The Bertz CT molecular complexity index is 572. The maximum atomic E-state index is 11.5. The fourth-order valence-electron chi connectivity index (χ4n) is 2.82. The summed E-state index contributed by atoms with van der Waals surface area (Å²) < 4.78 is 4.59. The zero-order valence-corrected chi connectivity index (χ0v) is 14.0. The van der Waals surface area contributed by atoms with Crippen molar-refractivity contribution >= 4 is 18.0 Å². The van der Waals surface area contributed by atoms with Crippen molar-refractivity contribution in [2.45, 2.75) is 64.7 Å². The van der Waals surface area contributed by atoms with Crippen molar-refractivity contribution < 1.29 is 14.3 Å². The highest BCUT2D eigenvalue weighted by molar-refractivity contribution is 6.14. The van der Waals surface area contributed by atoms with Crippen LogP contribution in [0.25, 0.3) is 6.08 Å². The summed E-state index contributed by atoms with van der Waals surface area (Å²) in [6.07, 6.45) is 15.8. The van der Waals surface area contributed by atoms with Crippen molar-refractivity contribution in [2.75, 3.05) is 0 Å². The summed E-state index contributed by atoms with van der Waals surface area (Å²) in [7, 11) is 0. The van der Waals surface area contributed by atoms with Crippen LogP contribution in [0.3, 0.4) is 0 Å². The Morgan fingerprint density at radius 2 is 1.52 bits per heavy atom. The van der Waals surface area contributed by atoms with Crippen LogP contribution in [0.2, 0.25) is 0 Å². The van der Waals surface area contributed by atoms with Crippen molar-refractivity contribution in [1.82, 2.24) is 0 Å². The fourth-order valence-corrected chi connectivity index (χ4v) is 2.82. The van der Waals surface area contributed by atoms with Crippen molar-refractivity contribution in [1.29, 1.82) is 0 Å². The number of hydrogen-bond donors (Lipinski definition) is 0. The number of ether oxygens (including phenoxy) is 1. The lowest BCUT2D eigenvalue weighted by atomic mass is 10.0. The molecule has 0 saturated carbocycles. The molecule has 124 valence electrons. The summed E-state index contributed by atoms with van der Waals surface area (Å²) in [6.45, 7) is 2.24. The standard InChI is InChI=1S/C20H26O3/c1-2-3-4-5-6-7-8-9-10-11-12-16-13-14-17-18(15-16)20(22)23-19(17)21/h11-15H,2-10H2,1H3. The molecule has 0 N–H and O–H groups in total. The largest absolute Gasteiger partial charge is 0.386 e. The summed E-state index contributed by atoms with van der Waals surface area (Å²) in [6, 6.07) is 5.24. The second-order valence-corrected chi connectivity index (χ2v) is 6.15. The highest BCUT2D eigenvalue weighted by Gasteiger charge is 2.29. The van der Waals surface area contributed by atoms with Crippen LogP contribution in [0.5, 0.6) is 0 Å². The SMILES string of the molecule is CCCCCCCCCCC=Cc1ccc2c(c1)C(=O)OC2=O. The molecule has 0 aliphatic carbocycles. The zero-order chi connectivity index (χ0) is 16.5. The first-order valence-electron chi connectivity index (χ1n) is 8.79. The first-order chi connectivity index (χ1) is 11.2. The van der Waals surface area contributed by atoms with Gasteiger partial charge in [0.25, 0.3) is 0 Å². The molecule has 1 aromatic rings. The first kappa shape index (κ1) is 17.5. The number of carbonyl (C=O) groups excluding carboxylic acids is 2. The molecule has 3 heteroatoms. The van der Waals surface area contributed by atoms with Gasteiger partial charge in [-0.15, -0.1) is 0 Å². The molecule has 0 spiro atoms. The highest BCUT2D eigenvalue weighted by atomic mass is 16.6. The van der Waals surface area contributed by atoms with E-state index < -0.39 is 11.9 Å². The van der Waals surface area contributed by atoms with Crippen LogP contribution in [0, 0.1) is 0 Å². The van der Waals surface area contributed by atoms with E-state index in [1.54, 1.807) is 12.1 Å². The van der Waals surface area contributed by atoms with Gasteiger partial charge in [-0.25, -0.2) is 9.59 Å². The van der Waals surface area contributed by atoms with Gasteiger partial charge >= 0.3 is 11.9 Å². The second kappa shape index (κ2) is 9.29. The molecular weight excluding hydrogens is 288 g/mol. The van der Waals surface area contributed by atoms with E-state index in [1.807, 2.05) is 12.1 Å². The predicted molar refractivity (Wildman–Crippen MR) is 92.4 cm³/mol. The van der Waals surface area contributed by atoms with Crippen LogP contribution >= 0.6 is 0 Å². The molecule has 0 saturated heterocycles. The molecule has 0 unspecified atom stereocenters. The van der Waals surface area contributed by atoms with Gasteiger partial charge in [-0.1, -0.05) is 70.1 Å². The Morgan fingerprint density at radius 1 is 0.870 bits per heavy atom. The Kier molecular flexibility index (Phi) is 7.05. The molecule has 0 fully saturated rings. The van der Waals surface area contributed by atoms with Gasteiger partial charge in [0.2, 0.25) is 0 Å². The van der Waals surface area contributed by atoms with E-state index in [0.717, 1.165) is 12.0 Å². The molecule has 0 aromatic heterocycles. The van der Waals surface area contributed by atoms with E-state index in [0.29, 0.717) is 11.1 Å². The van der Waals surface area contributed by atoms with E-state index in [4.69, 9.17) is 0 Å². The van der Waals surface area contributed by atoms with Gasteiger partial charge in [0, 0.05) is 0 Å². The number of hydrogen-bond acceptors (Lipinski definition) is 3. The average Bonchev–Trinajstić information content (AvgIpc) is 2.83. The minimum Gasteiger partial charge on any atom is -0.386 e. The third-order valence-corrected chi connectivity index (χ3v) is 4.20. The molecule has 1 heterocycles. The Morgan fingerprint density at radius 3 is 2.26 bits per heavy atom. The number of fused-ring (bicyclic) bond motifs is 1. The van der Waals surface area contributed by atoms with Crippen LogP contribution in [-0.4, -0.2) is 11.9 Å². The molecule has 1 aromatic carbocycles. The molecule has 1 aliphatic rings. The molecular formula is C20H26O3. The number of rotatable bonds is 10. The molecule has 0 radical (unpaired) electrons. The topological polar surface area (TPSA) is 43.4 Å². The van der Waals surface area contributed by atoms with Crippen molar-refractivity contribution in [2.24, 2.45) is 0 Å². The molecule has 2 rings (SSSR count). The number of unbranched alkanes of at least 4 members (excludes halogenated alkanes) is 8. The second-order valence-electron chi connectivity index (χ2n) is 6.15. The summed E-state index contributed by atoms with van der Waals surface area (Å²) in [5, 5.41) is 0. The highest BCUT2D eigenvalue weighted by Crippen LogP contribution is 2.22. The number of allylic oxidation sites excluding steroid dienone is 1. The van der Waals surface area contributed by atoms with Crippen LogP contribution in [0.15, 0.2) is 24.3 Å². The normalized spacial score (nSPS) is 13.6. The van der Waals surface area contributed by atoms with E-state index in [9.17, 15) is 9.59 Å². The lowest BCUT2D eigenvalue weighted by Gasteiger charge is -2.00. The van der Waals surface area contributed by atoms with Crippen molar-refractivity contribution in [3.8, 4) is 0 Å². The lowest BCUT2D eigenvalue weighted by Crippen LogP contribution is -1.96. The summed E-state index contributed by atoms with van der Waals surface area (Å²) in [5.41, 5.74) is 1.69. The summed E-state index contributed by atoms with van der Waals surface area (Å²) in [5.74, 6) is -1.08. The maximum Gasteiger partial charge on any atom is 0.346 e. The minimum atomic E-state index is -0.542. The van der Waals surface area contributed by atoms with Crippen molar-refractivity contribution in [3.05, 3.63) is 41.0 Å². The number of esters is 2. The average molecular weight is 314 g/mol. The minimum absolute atomic E-state index is 0.371. The quantitative estimate of drug-likeness (QED) is 0.323. The number of benzene rings is 1. The number of carbonyl (C=O) groups is 2. The third-order valence-electron chi connectivity index (χ3n) is 4.20. The van der Waals surface area contributed by atoms with Gasteiger partial charge in [0.1, 0.15) is 0 Å². The van der Waals surface area contributed by atoms with Crippen LogP contribution in [-0.2, 0) is 4.74 Å². The smallest absolute Gasteiger partial charge is 0.346 e. The zero-order valence-electron chi connectivity index (χ0n) is 14.0. The van der Waals surface area contributed by atoms with Crippen LogP contribution in [0.1, 0.15) is 91.0 Å². The molecule has 3 nitrogen and oxygen atoms in total. The molecule has 23 heavy (non-hydrogen) atoms. The van der Waals surface area contributed by atoms with E-state index in [-0.39, 0.29) is 0 Å². The van der Waals surface area contributed by atoms with Gasteiger partial charge < -0.3 is 4.74 Å². The van der Waals surface area contributed by atoms with Gasteiger partial charge in [0.15, 0.2) is 0 Å². The molecule has 0 amide bonds. The van der Waals surface area contributed by atoms with Gasteiger partial charge in [0.05, 0.1) is 11.1 Å². The van der Waals surface area contributed by atoms with Crippen molar-refractivity contribution in [3.63, 3.8) is 0 Å². The van der Waals surface area contributed by atoms with Gasteiger partial charge in [-0.2, -0.15) is 0 Å². The first-order valence-corrected chi connectivity index (χ1v) is 8.79. The lowest BCUT2D eigenvalue weighted by molar-refractivity contribution is 0.0444. The fraction of sp³-hybridized carbons (Fsp3) is 0.500. The maximum absolute atomic E-state index is 11.5. The molecule has 0 bridgehead atoms. The van der Waals surface area contributed by atoms with E-state index in [2.05, 4.69) is 17.7 Å². The molecule has 1 aliphatic heterocycles. The Hall–Kier alpha value is -1.90. The van der Waals surface area contributed by atoms with Gasteiger partial charge in [-0.05, 0) is 30.5 Å². The van der Waals surface area contributed by atoms with E-state index >= 15 is 0 Å². The van der Waals surface area contributed by atoms with E-state index in [1.165, 1.54) is 51.4 Å². The predicted octanol–water partition coefficient (Wildman–Crippen LogP) is 5.54. The summed E-state index contributed by atoms with van der Waals surface area (Å²) in [4.78, 5) is 22.9. The summed E-state index contributed by atoms with van der Waals surface area (Å²) >= 11 is 0. The number of cyclic esters (lactones) is 2. The van der Waals surface area contributed by atoms with Gasteiger partial charge in [-0.3, -0.25) is 0 Å². The van der Waals surface area contributed by atoms with Crippen LogP contribution < -0.4 is 0 Å². The Labute approximate surface area is 138 Å². The Balaban J connectivity index is 1.66.